The van der Waals surface area contributed by atoms with Crippen LogP contribution in [-0.2, 0) is 31.9 Å². The van der Waals surface area contributed by atoms with Crippen LogP contribution in [0.15, 0.2) is 42.0 Å². The van der Waals surface area contributed by atoms with Gasteiger partial charge in [0.2, 0.25) is 0 Å². The number of aromatic nitrogens is 2. The molecule has 0 radical (unpaired) electrons. The molecule has 6 rings (SSSR count). The number of carbonyl (C=O) groups is 2. The van der Waals surface area contributed by atoms with Crippen molar-refractivity contribution >= 4 is 40.6 Å². The average molecular weight is 655 g/mol. The van der Waals surface area contributed by atoms with Crippen molar-refractivity contribution in [3.8, 4) is 12.1 Å². The fourth-order valence-electron chi connectivity index (χ4n) is 6.46. The van der Waals surface area contributed by atoms with Gasteiger partial charge in [0.15, 0.2) is 11.6 Å². The van der Waals surface area contributed by atoms with Gasteiger partial charge in [0.25, 0.3) is 0 Å². The quantitative estimate of drug-likeness (QED) is 0.397. The summed E-state index contributed by atoms with van der Waals surface area (Å²) in [5.74, 6) is -0.285. The second-order valence-electron chi connectivity index (χ2n) is 12.7. The number of ketones is 2. The summed E-state index contributed by atoms with van der Waals surface area (Å²) in [6.07, 6.45) is 5.46. The first-order valence-corrected chi connectivity index (χ1v) is 16.1. The van der Waals surface area contributed by atoms with Gasteiger partial charge < -0.3 is 19.3 Å². The van der Waals surface area contributed by atoms with Crippen molar-refractivity contribution in [2.75, 3.05) is 40.4 Å². The molecule has 0 saturated carbocycles. The van der Waals surface area contributed by atoms with Crippen molar-refractivity contribution in [3.63, 3.8) is 0 Å². The number of piperidine rings is 2. The summed E-state index contributed by atoms with van der Waals surface area (Å²) < 4.78 is 11.2. The smallest absolute Gasteiger partial charge is 0.180 e. The maximum atomic E-state index is 12.4. The highest BCUT2D eigenvalue weighted by Gasteiger charge is 2.37. The zero-order valence-corrected chi connectivity index (χ0v) is 28.1. The fraction of sp³-hybridized carbons (Fsp3) is 0.444. The van der Waals surface area contributed by atoms with Crippen molar-refractivity contribution < 1.29 is 19.1 Å². The molecule has 2 aliphatic carbocycles. The maximum Gasteiger partial charge on any atom is 0.180 e. The molecule has 0 atom stereocenters. The maximum absolute atomic E-state index is 12.4. The van der Waals surface area contributed by atoms with Crippen LogP contribution in [0.4, 0.5) is 0 Å². The van der Waals surface area contributed by atoms with Gasteiger partial charge in [-0.15, -0.1) is 0 Å². The van der Waals surface area contributed by atoms with Crippen molar-refractivity contribution in [2.45, 2.75) is 63.6 Å². The Hall–Kier alpha value is -4.35. The highest BCUT2D eigenvalue weighted by molar-refractivity contribution is 6.29. The Morgan fingerprint density at radius 2 is 1.21 bits per heavy atom. The first-order valence-electron chi connectivity index (χ1n) is 15.7. The Morgan fingerprint density at radius 1 is 0.787 bits per heavy atom. The lowest BCUT2D eigenvalue weighted by Gasteiger charge is -2.41. The monoisotopic (exact) mass is 654 g/mol. The van der Waals surface area contributed by atoms with Crippen LogP contribution in [-0.4, -0.2) is 82.9 Å². The second kappa shape index (κ2) is 13.8. The summed E-state index contributed by atoms with van der Waals surface area (Å²) in [6, 6.07) is 11.4. The highest BCUT2D eigenvalue weighted by Crippen LogP contribution is 2.37. The van der Waals surface area contributed by atoms with E-state index in [0.717, 1.165) is 61.3 Å². The van der Waals surface area contributed by atoms with Gasteiger partial charge in [-0.2, -0.15) is 10.5 Å². The number of ether oxygens (including phenoxy) is 2. The van der Waals surface area contributed by atoms with Crippen LogP contribution < -0.4 is 0 Å². The van der Waals surface area contributed by atoms with E-state index >= 15 is 0 Å². The van der Waals surface area contributed by atoms with E-state index in [4.69, 9.17) is 21.1 Å². The van der Waals surface area contributed by atoms with Crippen LogP contribution in [0.25, 0.3) is 17.5 Å². The summed E-state index contributed by atoms with van der Waals surface area (Å²) in [5, 5.41) is 19.4. The summed E-state index contributed by atoms with van der Waals surface area (Å²) in [7, 11) is 3.45. The molecule has 2 aliphatic heterocycles. The van der Waals surface area contributed by atoms with Crippen LogP contribution in [0.5, 0.6) is 0 Å². The third-order valence-electron chi connectivity index (χ3n) is 9.82. The van der Waals surface area contributed by atoms with Gasteiger partial charge in [-0.3, -0.25) is 9.59 Å². The highest BCUT2D eigenvalue weighted by atomic mass is 35.5. The van der Waals surface area contributed by atoms with E-state index in [9.17, 15) is 20.1 Å². The summed E-state index contributed by atoms with van der Waals surface area (Å²) in [5.41, 5.74) is 5.24. The molecule has 0 unspecified atom stereocenters. The topological polar surface area (TPSA) is 132 Å². The van der Waals surface area contributed by atoms with Gasteiger partial charge in [-0.05, 0) is 68.9 Å². The van der Waals surface area contributed by atoms with Crippen molar-refractivity contribution in [1.29, 1.82) is 10.5 Å². The lowest BCUT2D eigenvalue weighted by molar-refractivity contribution is -0.115. The molecule has 2 saturated heterocycles. The Balaban J connectivity index is 0.000000185. The number of hydrogen-bond acceptors (Lipinski definition) is 10. The Kier molecular flexibility index (Phi) is 9.97. The standard InChI is InChI=1S/C19H21N3O2.C17H18ClN3O2/c1-4-14-6-5-13-11-16(23)15(12-20)18(17(13)21-14)22-9-7-19(2,24-3)8-10-22;1-17(23-2)5-7-21(8-6-17)16-12(10-19)13(22)9-11-3-4-14(18)20-15(11)16/h4-6H,1,7-11H2,2-3H3;3-4H,5-9H2,1-2H3. The third kappa shape index (κ3) is 6.87. The van der Waals surface area contributed by atoms with E-state index in [1.807, 2.05) is 18.2 Å². The second-order valence-corrected chi connectivity index (χ2v) is 13.1. The molecule has 11 heteroatoms. The zero-order valence-electron chi connectivity index (χ0n) is 27.4. The number of rotatable bonds is 5. The largest absolute Gasteiger partial charge is 0.378 e. The number of nitrogens with zero attached hydrogens (tertiary/aromatic N) is 6. The van der Waals surface area contributed by atoms with Gasteiger partial charge >= 0.3 is 0 Å². The molecule has 47 heavy (non-hydrogen) atoms. The molecule has 0 aromatic carbocycles. The van der Waals surface area contributed by atoms with E-state index in [2.05, 4.69) is 52.3 Å². The predicted molar refractivity (Wildman–Crippen MR) is 179 cm³/mol. The number of likely N-dealkylation sites (tertiary alicyclic amines) is 2. The lowest BCUT2D eigenvalue weighted by Crippen LogP contribution is -2.44. The number of pyridine rings is 2. The summed E-state index contributed by atoms with van der Waals surface area (Å²) in [6.45, 7) is 10.8. The Labute approximate surface area is 280 Å². The molecule has 0 amide bonds. The molecular weight excluding hydrogens is 616 g/mol. The minimum absolute atomic E-state index is 0.131. The number of Topliss-reactive ketones (excluding diaryl/α,β-unsaturated/α-hetero) is 2. The van der Waals surface area contributed by atoms with Crippen LogP contribution in [0.2, 0.25) is 5.15 Å². The van der Waals surface area contributed by atoms with Crippen LogP contribution in [0.3, 0.4) is 0 Å². The normalized spacial score (nSPS) is 20.0. The number of halogens is 1. The van der Waals surface area contributed by atoms with E-state index in [-0.39, 0.29) is 46.8 Å². The molecule has 0 bridgehead atoms. The number of methoxy groups -OCH3 is 2. The van der Waals surface area contributed by atoms with E-state index in [1.165, 1.54) is 0 Å². The van der Waals surface area contributed by atoms with Gasteiger partial charge in [0.05, 0.1) is 39.7 Å². The molecule has 0 spiro atoms. The first-order chi connectivity index (χ1) is 22.5. The molecule has 10 nitrogen and oxygen atoms in total. The van der Waals surface area contributed by atoms with Gasteiger partial charge in [0.1, 0.15) is 28.4 Å². The molecule has 4 heterocycles. The van der Waals surface area contributed by atoms with Crippen molar-refractivity contribution in [2.24, 2.45) is 0 Å². The van der Waals surface area contributed by atoms with Gasteiger partial charge in [-0.1, -0.05) is 30.3 Å². The molecule has 2 aromatic rings. The van der Waals surface area contributed by atoms with Gasteiger partial charge in [0, 0.05) is 53.2 Å². The van der Waals surface area contributed by atoms with Crippen LogP contribution in [0.1, 0.15) is 67.7 Å². The lowest BCUT2D eigenvalue weighted by atomic mass is 9.88. The number of hydrogen-bond donors (Lipinski definition) is 0. The third-order valence-corrected chi connectivity index (χ3v) is 10.0. The predicted octanol–water partition coefficient (Wildman–Crippen LogP) is 5.18. The molecule has 2 aromatic heterocycles. The number of carbonyl (C=O) groups excluding carboxylic acids is 2. The molecule has 244 valence electrons. The summed E-state index contributed by atoms with van der Waals surface area (Å²) in [4.78, 5) is 37.9. The molecule has 4 aliphatic rings. The number of allylic oxidation sites excluding steroid dienone is 2. The van der Waals surface area contributed by atoms with Crippen LogP contribution in [0, 0.1) is 22.7 Å². The molecular formula is C36H39ClN6O4. The van der Waals surface area contributed by atoms with Crippen LogP contribution >= 0.6 is 11.6 Å². The number of nitriles is 2. The summed E-state index contributed by atoms with van der Waals surface area (Å²) >= 11 is 6.04. The fourth-order valence-corrected chi connectivity index (χ4v) is 6.61. The Bertz CT molecular complexity index is 1750. The van der Waals surface area contributed by atoms with Crippen molar-refractivity contribution in [3.05, 3.63) is 75.4 Å². The van der Waals surface area contributed by atoms with E-state index in [1.54, 1.807) is 26.4 Å². The minimum Gasteiger partial charge on any atom is -0.378 e. The minimum atomic E-state index is -0.160. The zero-order chi connectivity index (χ0) is 33.9. The Morgan fingerprint density at radius 3 is 1.62 bits per heavy atom. The SMILES string of the molecule is C=Cc1ccc2c(n1)C(N1CCC(C)(OC)CC1)=C(C#N)C(=O)C2.COC1(C)CCN(C2=C(C#N)C(=O)Cc3ccc(Cl)nc32)CC1. The van der Waals surface area contributed by atoms with Crippen molar-refractivity contribution in [1.82, 2.24) is 19.8 Å². The molecule has 0 N–H and O–H groups in total. The van der Waals surface area contributed by atoms with Gasteiger partial charge in [-0.25, -0.2) is 9.97 Å². The van der Waals surface area contributed by atoms with E-state index in [0.29, 0.717) is 35.3 Å². The number of fused-ring (bicyclic) bond motifs is 2. The molecule has 2 fully saturated rings. The average Bonchev–Trinajstić information content (AvgIpc) is 3.08. The van der Waals surface area contributed by atoms with E-state index < -0.39 is 0 Å². The first kappa shape index (κ1) is 34.0.